The molecule has 1 amide bonds. The van der Waals surface area contributed by atoms with Gasteiger partial charge in [-0.05, 0) is 79.0 Å². The number of hydrogen-bond donors (Lipinski definition) is 2. The molecule has 1 saturated heterocycles. The minimum Gasteiger partial charge on any atom is -0.365 e. The van der Waals surface area contributed by atoms with Crippen LogP contribution in [-0.4, -0.2) is 52.5 Å². The van der Waals surface area contributed by atoms with Gasteiger partial charge in [0, 0.05) is 36.9 Å². The molecular weight excluding hydrogens is 528 g/mol. The molecule has 1 fully saturated rings. The van der Waals surface area contributed by atoms with Crippen molar-refractivity contribution in [1.29, 1.82) is 0 Å². The maximum Gasteiger partial charge on any atom is 0.254 e. The zero-order chi connectivity index (χ0) is 28.0. The molecule has 1 aliphatic carbocycles. The molecule has 0 radical (unpaired) electrons. The fourth-order valence-electron chi connectivity index (χ4n) is 5.74. The van der Waals surface area contributed by atoms with E-state index in [4.69, 9.17) is 5.73 Å². The van der Waals surface area contributed by atoms with Crippen LogP contribution in [-0.2, 0) is 22.9 Å². The smallest absolute Gasteiger partial charge is 0.254 e. The van der Waals surface area contributed by atoms with Gasteiger partial charge in [-0.3, -0.25) is 9.59 Å². The van der Waals surface area contributed by atoms with Crippen molar-refractivity contribution < 1.29 is 13.2 Å². The number of aromatic nitrogens is 3. The average Bonchev–Trinajstić information content (AvgIpc) is 3.41. The molecule has 10 nitrogen and oxygen atoms in total. The number of benzene rings is 2. The lowest BCUT2D eigenvalue weighted by molar-refractivity contribution is 0.0999. The Hall–Kier alpha value is -4.09. The first kappa shape index (κ1) is 26.1. The first-order valence-electron chi connectivity index (χ1n) is 13.3. The van der Waals surface area contributed by atoms with Crippen LogP contribution in [0.25, 0.3) is 16.7 Å². The van der Waals surface area contributed by atoms with Gasteiger partial charge in [0.05, 0.1) is 11.6 Å². The summed E-state index contributed by atoms with van der Waals surface area (Å²) in [6, 6.07) is 14.1. The lowest BCUT2D eigenvalue weighted by atomic mass is 9.90. The van der Waals surface area contributed by atoms with Crippen molar-refractivity contribution in [2.24, 2.45) is 5.73 Å². The van der Waals surface area contributed by atoms with Crippen molar-refractivity contribution in [2.45, 2.75) is 38.0 Å². The summed E-state index contributed by atoms with van der Waals surface area (Å²) < 4.78 is 26.9. The average molecular weight is 559 g/mol. The predicted molar refractivity (Wildman–Crippen MR) is 154 cm³/mol. The van der Waals surface area contributed by atoms with Gasteiger partial charge < -0.3 is 15.6 Å². The summed E-state index contributed by atoms with van der Waals surface area (Å²) in [4.78, 5) is 34.1. The number of nitrogens with two attached hydrogens (primary N) is 1. The van der Waals surface area contributed by atoms with Gasteiger partial charge in [-0.2, -0.15) is 4.98 Å². The summed E-state index contributed by atoms with van der Waals surface area (Å²) in [6.45, 7) is 1.05. The molecule has 0 bridgehead atoms. The van der Waals surface area contributed by atoms with E-state index in [9.17, 15) is 18.0 Å². The summed E-state index contributed by atoms with van der Waals surface area (Å²) in [6.07, 6.45) is 8.83. The number of fused-ring (bicyclic) bond motifs is 2. The zero-order valence-corrected chi connectivity index (χ0v) is 22.9. The summed E-state index contributed by atoms with van der Waals surface area (Å²) in [5.41, 5.74) is 10.6. The van der Waals surface area contributed by atoms with Crippen LogP contribution in [0.5, 0.6) is 0 Å². The maximum atomic E-state index is 13.0. The number of sulfonamides is 1. The number of primary amides is 1. The van der Waals surface area contributed by atoms with E-state index in [1.807, 2.05) is 30.3 Å². The second-order valence-electron chi connectivity index (χ2n) is 10.5. The van der Waals surface area contributed by atoms with Crippen LogP contribution in [0.15, 0.2) is 59.7 Å². The third-order valence-corrected chi connectivity index (χ3v) is 9.23. The Morgan fingerprint density at radius 1 is 1.05 bits per heavy atom. The minimum atomic E-state index is -3.16. The number of pyridine rings is 1. The van der Waals surface area contributed by atoms with E-state index in [0.717, 1.165) is 49.0 Å². The van der Waals surface area contributed by atoms with Crippen molar-refractivity contribution in [2.75, 3.05) is 24.7 Å². The Morgan fingerprint density at radius 2 is 1.77 bits per heavy atom. The molecule has 11 heteroatoms. The summed E-state index contributed by atoms with van der Waals surface area (Å²) in [7, 11) is -3.16. The molecule has 0 spiro atoms. The van der Waals surface area contributed by atoms with Crippen LogP contribution in [0.3, 0.4) is 0 Å². The molecule has 2 aliphatic rings. The van der Waals surface area contributed by atoms with E-state index >= 15 is 0 Å². The second kappa shape index (κ2) is 10.1. The maximum absolute atomic E-state index is 13.0. The third kappa shape index (κ3) is 4.98. The molecule has 0 atom stereocenters. The van der Waals surface area contributed by atoms with Crippen molar-refractivity contribution in [3.05, 3.63) is 87.3 Å². The summed E-state index contributed by atoms with van der Waals surface area (Å²) in [5, 5.41) is 3.42. The number of anilines is 2. The van der Waals surface area contributed by atoms with Crippen molar-refractivity contribution >= 4 is 38.6 Å². The number of rotatable bonds is 6. The Labute approximate surface area is 231 Å². The first-order valence-corrected chi connectivity index (χ1v) is 15.2. The number of carbonyl (C=O) groups excluding carboxylic acids is 1. The molecule has 3 N–H and O–H groups in total. The molecule has 1 aliphatic heterocycles. The molecule has 0 unspecified atom stereocenters. The van der Waals surface area contributed by atoms with Gasteiger partial charge >= 0.3 is 0 Å². The molecule has 40 heavy (non-hydrogen) atoms. The number of nitrogens with one attached hydrogen (secondary N) is 1. The Morgan fingerprint density at radius 3 is 2.48 bits per heavy atom. The molecule has 2 aromatic heterocycles. The topological polar surface area (TPSA) is 140 Å². The zero-order valence-electron chi connectivity index (χ0n) is 22.1. The standard InChI is InChI=1S/C29H30N6O4S/c1-40(38,39)34-13-11-20(12-14-34)19-5-8-22(9-6-19)32-29-31-16-24-26(36)25(27(30)37)17-35(28(24)33-29)23-10-7-18-3-2-4-21(18)15-23/h5-10,15-17,20H,2-4,11-14H2,1H3,(H2,30,37)(H,31,32,33). The molecule has 0 saturated carbocycles. The fourth-order valence-corrected chi connectivity index (χ4v) is 6.61. The number of nitrogens with zero attached hydrogens (tertiary/aromatic N) is 4. The lowest BCUT2D eigenvalue weighted by Crippen LogP contribution is -2.37. The summed E-state index contributed by atoms with van der Waals surface area (Å²) in [5.74, 6) is -0.195. The SMILES string of the molecule is CS(=O)(=O)N1CCC(c2ccc(Nc3ncc4c(=O)c(C(N)=O)cn(-c5ccc6c(c5)CCC6)c4n3)cc2)CC1. The molecular formula is C29H30N6O4S. The van der Waals surface area contributed by atoms with E-state index < -0.39 is 21.4 Å². The van der Waals surface area contributed by atoms with Crippen LogP contribution < -0.4 is 16.5 Å². The number of piperidine rings is 1. The van der Waals surface area contributed by atoms with Crippen LogP contribution in [0.1, 0.15) is 52.2 Å². The Bertz CT molecular complexity index is 1790. The highest BCUT2D eigenvalue weighted by atomic mass is 32.2. The number of hydrogen-bond acceptors (Lipinski definition) is 7. The highest BCUT2D eigenvalue weighted by Gasteiger charge is 2.25. The quantitative estimate of drug-likeness (QED) is 0.370. The van der Waals surface area contributed by atoms with Gasteiger partial charge in [0.15, 0.2) is 5.65 Å². The van der Waals surface area contributed by atoms with Crippen LogP contribution in [0.4, 0.5) is 11.6 Å². The van der Waals surface area contributed by atoms with Crippen LogP contribution in [0.2, 0.25) is 0 Å². The van der Waals surface area contributed by atoms with E-state index in [2.05, 4.69) is 27.4 Å². The third-order valence-electron chi connectivity index (χ3n) is 7.93. The first-order chi connectivity index (χ1) is 19.2. The Kier molecular flexibility index (Phi) is 6.63. The minimum absolute atomic E-state index is 0.115. The van der Waals surface area contributed by atoms with Crippen molar-refractivity contribution in [1.82, 2.24) is 18.8 Å². The Balaban J connectivity index is 1.30. The largest absolute Gasteiger partial charge is 0.365 e. The molecule has 206 valence electrons. The molecule has 3 heterocycles. The van der Waals surface area contributed by atoms with Crippen molar-refractivity contribution in [3.63, 3.8) is 0 Å². The van der Waals surface area contributed by atoms with Gasteiger partial charge in [-0.1, -0.05) is 18.2 Å². The molecule has 2 aromatic carbocycles. The highest BCUT2D eigenvalue weighted by molar-refractivity contribution is 7.88. The van der Waals surface area contributed by atoms with E-state index in [1.165, 1.54) is 34.1 Å². The monoisotopic (exact) mass is 558 g/mol. The van der Waals surface area contributed by atoms with Gasteiger partial charge in [0.2, 0.25) is 21.4 Å². The predicted octanol–water partition coefficient (Wildman–Crippen LogP) is 3.25. The second-order valence-corrected chi connectivity index (χ2v) is 12.5. The van der Waals surface area contributed by atoms with Crippen LogP contribution >= 0.6 is 0 Å². The van der Waals surface area contributed by atoms with Gasteiger partial charge in [0.1, 0.15) is 5.56 Å². The number of amides is 1. The van der Waals surface area contributed by atoms with E-state index in [0.29, 0.717) is 30.6 Å². The normalized spacial score (nSPS) is 16.2. The highest BCUT2D eigenvalue weighted by Crippen LogP contribution is 2.30. The molecule has 6 rings (SSSR count). The number of carbonyl (C=O) groups is 1. The van der Waals surface area contributed by atoms with Gasteiger partial charge in [0.25, 0.3) is 5.91 Å². The van der Waals surface area contributed by atoms with E-state index in [-0.39, 0.29) is 10.9 Å². The lowest BCUT2D eigenvalue weighted by Gasteiger charge is -2.30. The summed E-state index contributed by atoms with van der Waals surface area (Å²) >= 11 is 0. The number of aryl methyl sites for hydroxylation is 2. The fraction of sp³-hybridized carbons (Fsp3) is 0.310. The van der Waals surface area contributed by atoms with Crippen LogP contribution in [0, 0.1) is 0 Å². The molecule has 4 aromatic rings. The van der Waals surface area contributed by atoms with Gasteiger partial charge in [-0.25, -0.2) is 17.7 Å². The van der Waals surface area contributed by atoms with Gasteiger partial charge in [-0.15, -0.1) is 0 Å². The van der Waals surface area contributed by atoms with E-state index in [1.54, 1.807) is 4.57 Å². The van der Waals surface area contributed by atoms with Crippen molar-refractivity contribution in [3.8, 4) is 5.69 Å².